The molecule has 0 aliphatic rings. The summed E-state index contributed by atoms with van der Waals surface area (Å²) in [4.78, 5) is 27.3. The molecule has 1 aromatic heterocycles. The molecule has 0 aliphatic carbocycles. The first-order valence-electron chi connectivity index (χ1n) is 6.09. The molecule has 0 radical (unpaired) electrons. The van der Waals surface area contributed by atoms with Crippen molar-refractivity contribution in [1.82, 2.24) is 10.3 Å². The number of aromatic carboxylic acids is 1. The van der Waals surface area contributed by atoms with E-state index in [4.69, 9.17) is 5.11 Å². The third-order valence-corrected chi connectivity index (χ3v) is 3.72. The Balaban J connectivity index is 1.97. The highest BCUT2D eigenvalue weighted by molar-refractivity contribution is 7.09. The minimum Gasteiger partial charge on any atom is -0.478 e. The van der Waals surface area contributed by atoms with Gasteiger partial charge in [-0.1, -0.05) is 12.1 Å². The van der Waals surface area contributed by atoms with Crippen molar-refractivity contribution >= 4 is 23.2 Å². The fourth-order valence-corrected chi connectivity index (χ4v) is 2.54. The number of aromatic nitrogens is 1. The molecule has 0 aliphatic heterocycles. The highest BCUT2D eigenvalue weighted by atomic mass is 32.1. The number of hydrogen-bond acceptors (Lipinski definition) is 4. The molecule has 0 saturated carbocycles. The highest BCUT2D eigenvalue weighted by Gasteiger charge is 2.15. The van der Waals surface area contributed by atoms with Crippen molar-refractivity contribution in [2.45, 2.75) is 13.3 Å². The molecular formula is C14H14N2O3S. The summed E-state index contributed by atoms with van der Waals surface area (Å²) >= 11 is 1.55. The molecule has 0 bridgehead atoms. The maximum absolute atomic E-state index is 12.0. The van der Waals surface area contributed by atoms with E-state index in [0.29, 0.717) is 13.0 Å². The number of carboxylic acids is 1. The minimum absolute atomic E-state index is 0.00935. The van der Waals surface area contributed by atoms with Crippen molar-refractivity contribution < 1.29 is 14.7 Å². The van der Waals surface area contributed by atoms with Crippen LogP contribution in [0.1, 0.15) is 31.4 Å². The maximum atomic E-state index is 12.0. The molecule has 2 aromatic rings. The molecule has 6 heteroatoms. The Bertz CT molecular complexity index is 637. The molecule has 1 heterocycles. The van der Waals surface area contributed by atoms with Crippen LogP contribution in [0.15, 0.2) is 29.6 Å². The Morgan fingerprint density at radius 2 is 2.00 bits per heavy atom. The van der Waals surface area contributed by atoms with Gasteiger partial charge < -0.3 is 10.4 Å². The average Bonchev–Trinajstić information content (AvgIpc) is 2.84. The van der Waals surface area contributed by atoms with E-state index in [1.807, 2.05) is 12.3 Å². The SMILES string of the molecule is Cc1csc(CCNC(=O)c2ccccc2C(=O)O)n1. The minimum atomic E-state index is -1.11. The van der Waals surface area contributed by atoms with Gasteiger partial charge in [0.2, 0.25) is 0 Å². The zero-order chi connectivity index (χ0) is 14.5. The maximum Gasteiger partial charge on any atom is 0.336 e. The molecule has 2 N–H and O–H groups in total. The zero-order valence-corrected chi connectivity index (χ0v) is 11.7. The standard InChI is InChI=1S/C14H14N2O3S/c1-9-8-20-12(16-9)6-7-15-13(17)10-4-2-3-5-11(10)14(18)19/h2-5,8H,6-7H2,1H3,(H,15,17)(H,18,19). The molecule has 1 amide bonds. The van der Waals surface area contributed by atoms with E-state index in [9.17, 15) is 9.59 Å². The lowest BCUT2D eigenvalue weighted by molar-refractivity contribution is 0.0691. The first-order valence-corrected chi connectivity index (χ1v) is 6.97. The van der Waals surface area contributed by atoms with E-state index < -0.39 is 5.97 Å². The summed E-state index contributed by atoms with van der Waals surface area (Å²) in [6.45, 7) is 2.35. The fourth-order valence-electron chi connectivity index (χ4n) is 1.76. The van der Waals surface area contributed by atoms with Gasteiger partial charge in [-0.25, -0.2) is 9.78 Å². The normalized spacial score (nSPS) is 10.2. The van der Waals surface area contributed by atoms with Crippen molar-refractivity contribution in [2.75, 3.05) is 6.54 Å². The molecular weight excluding hydrogens is 276 g/mol. The number of rotatable bonds is 5. The van der Waals surface area contributed by atoms with Gasteiger partial charge in [0.25, 0.3) is 5.91 Å². The van der Waals surface area contributed by atoms with Crippen LogP contribution in [0.4, 0.5) is 0 Å². The van der Waals surface area contributed by atoms with Crippen LogP contribution >= 0.6 is 11.3 Å². The van der Waals surface area contributed by atoms with Gasteiger partial charge in [0, 0.05) is 24.0 Å². The smallest absolute Gasteiger partial charge is 0.336 e. The molecule has 5 nitrogen and oxygen atoms in total. The Kier molecular flexibility index (Phi) is 4.47. The topological polar surface area (TPSA) is 79.3 Å². The molecule has 1 aromatic carbocycles. The third kappa shape index (κ3) is 3.42. The van der Waals surface area contributed by atoms with E-state index >= 15 is 0 Å². The third-order valence-electron chi connectivity index (χ3n) is 2.69. The van der Waals surface area contributed by atoms with E-state index in [1.165, 1.54) is 12.1 Å². The number of carbonyl (C=O) groups is 2. The van der Waals surface area contributed by atoms with Gasteiger partial charge in [0.1, 0.15) is 0 Å². The molecule has 20 heavy (non-hydrogen) atoms. The van der Waals surface area contributed by atoms with Crippen molar-refractivity contribution in [1.29, 1.82) is 0 Å². The second-order valence-corrected chi connectivity index (χ2v) is 5.18. The van der Waals surface area contributed by atoms with E-state index in [2.05, 4.69) is 10.3 Å². The number of carboxylic acid groups (broad SMARTS) is 1. The number of aryl methyl sites for hydroxylation is 1. The average molecular weight is 290 g/mol. The quantitative estimate of drug-likeness (QED) is 0.884. The highest BCUT2D eigenvalue weighted by Crippen LogP contribution is 2.10. The summed E-state index contributed by atoms with van der Waals surface area (Å²) in [6.07, 6.45) is 0.638. The van der Waals surface area contributed by atoms with Gasteiger partial charge in [-0.2, -0.15) is 0 Å². The molecule has 0 unspecified atom stereocenters. The number of amides is 1. The first-order chi connectivity index (χ1) is 9.58. The lowest BCUT2D eigenvalue weighted by atomic mass is 10.1. The van der Waals surface area contributed by atoms with Crippen molar-refractivity contribution in [3.63, 3.8) is 0 Å². The summed E-state index contributed by atoms with van der Waals surface area (Å²) in [5.41, 5.74) is 1.15. The number of hydrogen-bond donors (Lipinski definition) is 2. The van der Waals surface area contributed by atoms with Crippen molar-refractivity contribution in [3.05, 3.63) is 51.5 Å². The molecule has 104 valence electrons. The number of carbonyl (C=O) groups excluding carboxylic acids is 1. The van der Waals surface area contributed by atoms with Crippen LogP contribution in [-0.4, -0.2) is 28.5 Å². The predicted molar refractivity (Wildman–Crippen MR) is 76.3 cm³/mol. The van der Waals surface area contributed by atoms with Crippen LogP contribution in [0.2, 0.25) is 0 Å². The molecule has 0 saturated heterocycles. The van der Waals surface area contributed by atoms with Crippen LogP contribution < -0.4 is 5.32 Å². The van der Waals surface area contributed by atoms with Crippen LogP contribution in [-0.2, 0) is 6.42 Å². The van der Waals surface area contributed by atoms with Gasteiger partial charge in [0.05, 0.1) is 16.1 Å². The second kappa shape index (κ2) is 6.29. The van der Waals surface area contributed by atoms with Crippen LogP contribution in [0.25, 0.3) is 0 Å². The van der Waals surface area contributed by atoms with E-state index in [-0.39, 0.29) is 17.0 Å². The predicted octanol–water partition coefficient (Wildman–Crippen LogP) is 2.12. The van der Waals surface area contributed by atoms with Crippen molar-refractivity contribution in [3.8, 4) is 0 Å². The second-order valence-electron chi connectivity index (χ2n) is 4.24. The number of nitrogens with zero attached hydrogens (tertiary/aromatic N) is 1. The summed E-state index contributed by atoms with van der Waals surface area (Å²) < 4.78 is 0. The summed E-state index contributed by atoms with van der Waals surface area (Å²) in [5.74, 6) is -1.48. The number of benzene rings is 1. The fraction of sp³-hybridized carbons (Fsp3) is 0.214. The Labute approximate surface area is 120 Å². The summed E-state index contributed by atoms with van der Waals surface area (Å²) in [6, 6.07) is 6.16. The number of thiazole rings is 1. The molecule has 0 atom stereocenters. The monoisotopic (exact) mass is 290 g/mol. The lowest BCUT2D eigenvalue weighted by Gasteiger charge is -2.06. The zero-order valence-electron chi connectivity index (χ0n) is 10.9. The van der Waals surface area contributed by atoms with E-state index in [1.54, 1.807) is 23.5 Å². The summed E-state index contributed by atoms with van der Waals surface area (Å²) in [5, 5.41) is 14.7. The van der Waals surface area contributed by atoms with Gasteiger partial charge >= 0.3 is 5.97 Å². The van der Waals surface area contributed by atoms with Gasteiger partial charge in [-0.15, -0.1) is 11.3 Å². The van der Waals surface area contributed by atoms with Gasteiger partial charge in [0.15, 0.2) is 0 Å². The first kappa shape index (κ1) is 14.2. The van der Waals surface area contributed by atoms with Gasteiger partial charge in [-0.05, 0) is 19.1 Å². The molecule has 0 fully saturated rings. The number of nitrogens with one attached hydrogen (secondary N) is 1. The Morgan fingerprint density at radius 3 is 2.60 bits per heavy atom. The van der Waals surface area contributed by atoms with Gasteiger partial charge in [-0.3, -0.25) is 4.79 Å². The Morgan fingerprint density at radius 1 is 1.30 bits per heavy atom. The summed E-state index contributed by atoms with van der Waals surface area (Å²) in [7, 11) is 0. The largest absolute Gasteiger partial charge is 0.478 e. The van der Waals surface area contributed by atoms with Crippen LogP contribution in [0, 0.1) is 6.92 Å². The lowest BCUT2D eigenvalue weighted by Crippen LogP contribution is -2.27. The Hall–Kier alpha value is -2.21. The van der Waals surface area contributed by atoms with Crippen LogP contribution in [0.5, 0.6) is 0 Å². The molecule has 0 spiro atoms. The molecule has 2 rings (SSSR count). The van der Waals surface area contributed by atoms with Crippen molar-refractivity contribution in [2.24, 2.45) is 0 Å². The van der Waals surface area contributed by atoms with E-state index in [0.717, 1.165) is 10.7 Å². The van der Waals surface area contributed by atoms with Crippen LogP contribution in [0.3, 0.4) is 0 Å².